The van der Waals surface area contributed by atoms with E-state index in [9.17, 15) is 20.1 Å². The van der Waals surface area contributed by atoms with Gasteiger partial charge in [-0.05, 0) is 66.4 Å². The lowest BCUT2D eigenvalue weighted by molar-refractivity contribution is 0.0843. The lowest BCUT2D eigenvalue weighted by Gasteiger charge is -2.28. The maximum Gasteiger partial charge on any atom is 0.296 e. The Morgan fingerprint density at radius 2 is 1.64 bits per heavy atom. The zero-order valence-corrected chi connectivity index (χ0v) is 21.7. The van der Waals surface area contributed by atoms with Crippen molar-refractivity contribution in [3.05, 3.63) is 75.4 Å². The first-order chi connectivity index (χ1) is 17.0. The number of carbonyl (C=O) groups is 1. The van der Waals surface area contributed by atoms with E-state index >= 15 is 0 Å². The number of aromatic hydroxyl groups is 3. The Morgan fingerprint density at radius 1 is 0.972 bits per heavy atom. The lowest BCUT2D eigenvalue weighted by Crippen LogP contribution is -2.22. The Morgan fingerprint density at radius 3 is 2.31 bits per heavy atom. The SMILES string of the molecule is CC(C)=CCC/C(C)=C/Cc1c([C@@H]2CC(=O)c3c(cc(O)c(CC=C(C)C)c3O)O2)ccc([OH2+])c1O. The van der Waals surface area contributed by atoms with Crippen LogP contribution in [0.5, 0.6) is 28.7 Å². The number of fused-ring (bicyclic) bond motifs is 1. The standard InChI is InChI=1S/C30H36O6/c1-17(2)7-6-8-19(5)10-12-21-20(13-14-23(31)29(21)34)26-16-25(33)28-27(36-26)15-24(32)22(30(28)35)11-9-18(3)4/h7,9-10,13-15,26,31-32,34-35H,6,8,11-12,16H2,1-5H3/p+1/b19-10+/t26-/m0/s1. The number of benzene rings is 2. The van der Waals surface area contributed by atoms with E-state index in [1.165, 1.54) is 17.7 Å². The van der Waals surface area contributed by atoms with Gasteiger partial charge in [0, 0.05) is 28.8 Å². The van der Waals surface area contributed by atoms with Crippen LogP contribution in [0.1, 0.15) is 87.0 Å². The number of hydrogen-bond donors (Lipinski definition) is 3. The molecule has 0 spiro atoms. The Kier molecular flexibility index (Phi) is 8.51. The van der Waals surface area contributed by atoms with Crippen molar-refractivity contribution >= 4 is 5.78 Å². The molecule has 0 unspecified atom stereocenters. The molecule has 36 heavy (non-hydrogen) atoms. The summed E-state index contributed by atoms with van der Waals surface area (Å²) >= 11 is 0. The molecule has 0 bridgehead atoms. The summed E-state index contributed by atoms with van der Waals surface area (Å²) in [6.07, 6.45) is 7.85. The fourth-order valence-corrected chi connectivity index (χ4v) is 4.32. The van der Waals surface area contributed by atoms with Crippen LogP contribution in [-0.4, -0.2) is 26.2 Å². The molecule has 1 heterocycles. The molecule has 0 aromatic heterocycles. The van der Waals surface area contributed by atoms with Crippen LogP contribution in [0.3, 0.4) is 0 Å². The molecule has 0 radical (unpaired) electrons. The molecule has 3 rings (SSSR count). The number of carbonyl (C=O) groups excluding carboxylic acids is 1. The average molecular weight is 494 g/mol. The van der Waals surface area contributed by atoms with Crippen LogP contribution in [-0.2, 0) is 12.8 Å². The van der Waals surface area contributed by atoms with Crippen molar-refractivity contribution in [3.63, 3.8) is 0 Å². The van der Waals surface area contributed by atoms with Gasteiger partial charge >= 0.3 is 0 Å². The largest absolute Gasteiger partial charge is 0.591 e. The maximum absolute atomic E-state index is 13.1. The summed E-state index contributed by atoms with van der Waals surface area (Å²) in [5.41, 5.74) is 4.97. The minimum Gasteiger partial charge on any atom is -0.591 e. The van der Waals surface area contributed by atoms with Crippen molar-refractivity contribution < 1.29 is 30.0 Å². The number of Topliss-reactive ketones (excluding diaryl/α,β-unsaturated/α-hetero) is 1. The van der Waals surface area contributed by atoms with Crippen molar-refractivity contribution in [3.8, 4) is 28.7 Å². The van der Waals surface area contributed by atoms with Gasteiger partial charge in [0.25, 0.3) is 5.75 Å². The van der Waals surface area contributed by atoms with E-state index in [0.717, 1.165) is 24.0 Å². The highest BCUT2D eigenvalue weighted by Crippen LogP contribution is 2.46. The van der Waals surface area contributed by atoms with Gasteiger partial charge in [-0.1, -0.05) is 34.9 Å². The molecule has 0 fully saturated rings. The van der Waals surface area contributed by atoms with Crippen LogP contribution in [0.2, 0.25) is 0 Å². The summed E-state index contributed by atoms with van der Waals surface area (Å²) in [5, 5.41) is 40.1. The quantitative estimate of drug-likeness (QED) is 0.280. The van der Waals surface area contributed by atoms with Gasteiger partial charge in [-0.3, -0.25) is 4.79 Å². The molecular weight excluding hydrogens is 456 g/mol. The zero-order chi connectivity index (χ0) is 26.6. The summed E-state index contributed by atoms with van der Waals surface area (Å²) in [6.45, 7) is 10.0. The smallest absolute Gasteiger partial charge is 0.296 e. The molecule has 0 amide bonds. The van der Waals surface area contributed by atoms with Crippen molar-refractivity contribution in [2.45, 2.75) is 72.8 Å². The molecule has 5 N–H and O–H groups in total. The summed E-state index contributed by atoms with van der Waals surface area (Å²) in [7, 11) is 0. The van der Waals surface area contributed by atoms with Crippen molar-refractivity contribution in [2.24, 2.45) is 0 Å². The second kappa shape index (κ2) is 11.4. The van der Waals surface area contributed by atoms with Crippen molar-refractivity contribution in [2.75, 3.05) is 0 Å². The fraction of sp³-hybridized carbons (Fsp3) is 0.367. The Labute approximate surface area is 212 Å². The first kappa shape index (κ1) is 26.9. The van der Waals surface area contributed by atoms with Gasteiger partial charge in [0.2, 0.25) is 5.75 Å². The number of phenols is 3. The van der Waals surface area contributed by atoms with E-state index in [-0.39, 0.29) is 52.1 Å². The number of phenolic OH excluding ortho intramolecular Hbond substituents is 3. The third-order valence-electron chi connectivity index (χ3n) is 6.39. The van der Waals surface area contributed by atoms with Gasteiger partial charge in [0.15, 0.2) is 5.78 Å². The second-order valence-electron chi connectivity index (χ2n) is 9.92. The molecule has 2 aromatic carbocycles. The monoisotopic (exact) mass is 493 g/mol. The molecule has 0 saturated carbocycles. The third-order valence-corrected chi connectivity index (χ3v) is 6.39. The van der Waals surface area contributed by atoms with Crippen LogP contribution in [0.4, 0.5) is 0 Å². The van der Waals surface area contributed by atoms with Crippen LogP contribution in [0.25, 0.3) is 0 Å². The zero-order valence-electron chi connectivity index (χ0n) is 21.7. The molecule has 6 heteroatoms. The first-order valence-electron chi connectivity index (χ1n) is 12.3. The van der Waals surface area contributed by atoms with Crippen molar-refractivity contribution in [1.82, 2.24) is 0 Å². The molecule has 192 valence electrons. The molecule has 1 atom stereocenters. The highest BCUT2D eigenvalue weighted by molar-refractivity contribution is 6.03. The summed E-state index contributed by atoms with van der Waals surface area (Å²) in [6, 6.07) is 4.56. The van der Waals surface area contributed by atoms with Gasteiger partial charge in [-0.25, -0.2) is 0 Å². The Balaban J connectivity index is 1.94. The number of allylic oxidation sites excluding steroid dienone is 6. The van der Waals surface area contributed by atoms with Gasteiger partial charge in [-0.2, -0.15) is 0 Å². The molecule has 0 saturated heterocycles. The van der Waals surface area contributed by atoms with Gasteiger partial charge in [0.1, 0.15) is 28.9 Å². The van der Waals surface area contributed by atoms with E-state index in [4.69, 9.17) is 9.84 Å². The summed E-state index contributed by atoms with van der Waals surface area (Å²) in [5.74, 6) is -0.717. The lowest BCUT2D eigenvalue weighted by atomic mass is 9.89. The summed E-state index contributed by atoms with van der Waals surface area (Å²) < 4.78 is 6.11. The highest BCUT2D eigenvalue weighted by Gasteiger charge is 2.34. The normalized spacial score (nSPS) is 15.2. The van der Waals surface area contributed by atoms with Gasteiger partial charge < -0.3 is 25.2 Å². The number of rotatable bonds is 8. The van der Waals surface area contributed by atoms with Crippen LogP contribution >= 0.6 is 0 Å². The van der Waals surface area contributed by atoms with E-state index in [1.807, 2.05) is 32.9 Å². The number of hydrogen-bond acceptors (Lipinski definition) is 5. The predicted molar refractivity (Wildman–Crippen MR) is 143 cm³/mol. The van der Waals surface area contributed by atoms with Crippen molar-refractivity contribution in [1.29, 1.82) is 0 Å². The number of ketones is 1. The van der Waals surface area contributed by atoms with E-state index in [0.29, 0.717) is 24.0 Å². The minimum atomic E-state index is -0.715. The molecular formula is C30H37O6+. The van der Waals surface area contributed by atoms with E-state index in [2.05, 4.69) is 19.9 Å². The maximum atomic E-state index is 13.1. The van der Waals surface area contributed by atoms with Crippen LogP contribution in [0.15, 0.2) is 53.1 Å². The van der Waals surface area contributed by atoms with Gasteiger partial charge in [0.05, 0.1) is 6.42 Å². The highest BCUT2D eigenvalue weighted by atomic mass is 16.5. The molecule has 1 aliphatic rings. The molecule has 1 aliphatic heterocycles. The van der Waals surface area contributed by atoms with Crippen LogP contribution < -0.4 is 4.74 Å². The Hall–Kier alpha value is -3.67. The average Bonchev–Trinajstić information content (AvgIpc) is 2.78. The Bertz CT molecular complexity index is 1240. The first-order valence-corrected chi connectivity index (χ1v) is 12.3. The molecule has 6 nitrogen and oxygen atoms in total. The predicted octanol–water partition coefficient (Wildman–Crippen LogP) is 6.69. The second-order valence-corrected chi connectivity index (χ2v) is 9.92. The van der Waals surface area contributed by atoms with Crippen LogP contribution in [0, 0.1) is 0 Å². The fourth-order valence-electron chi connectivity index (χ4n) is 4.32. The van der Waals surface area contributed by atoms with E-state index in [1.54, 1.807) is 6.07 Å². The van der Waals surface area contributed by atoms with Gasteiger partial charge in [-0.15, -0.1) is 0 Å². The molecule has 2 aromatic rings. The summed E-state index contributed by atoms with van der Waals surface area (Å²) in [4.78, 5) is 13.1. The molecule has 0 aliphatic carbocycles. The number of ether oxygens (including phenoxy) is 1. The third kappa shape index (κ3) is 6.11. The van der Waals surface area contributed by atoms with E-state index < -0.39 is 6.10 Å². The minimum absolute atomic E-state index is 0.00563. The topological polar surface area (TPSA) is 110 Å².